The normalized spacial score (nSPS) is 20.5. The minimum absolute atomic E-state index is 0.152. The molecule has 0 aliphatic carbocycles. The van der Waals surface area contributed by atoms with Crippen molar-refractivity contribution < 1.29 is 8.42 Å². The molecule has 1 heterocycles. The van der Waals surface area contributed by atoms with Crippen molar-refractivity contribution in [1.29, 1.82) is 0 Å². The highest BCUT2D eigenvalue weighted by Crippen LogP contribution is 2.20. The lowest BCUT2D eigenvalue weighted by Crippen LogP contribution is -2.33. The molecule has 2 rings (SSSR count). The van der Waals surface area contributed by atoms with Gasteiger partial charge in [-0.25, -0.2) is 13.6 Å². The SMILES string of the molecule is CN(c1ccc(S(N)(=O)=O)cc1)C1CCNC1. The number of hydrogen-bond donors (Lipinski definition) is 2. The lowest BCUT2D eigenvalue weighted by Gasteiger charge is -2.26. The Morgan fingerprint density at radius 2 is 2.00 bits per heavy atom. The van der Waals surface area contributed by atoms with E-state index >= 15 is 0 Å². The second-order valence-corrected chi connectivity index (χ2v) is 5.86. The van der Waals surface area contributed by atoms with Crippen LogP contribution >= 0.6 is 0 Å². The summed E-state index contributed by atoms with van der Waals surface area (Å²) in [5.41, 5.74) is 1.01. The minimum Gasteiger partial charge on any atom is -0.370 e. The molecule has 1 unspecified atom stereocenters. The van der Waals surface area contributed by atoms with E-state index in [0.29, 0.717) is 6.04 Å². The van der Waals surface area contributed by atoms with Gasteiger partial charge in [0.2, 0.25) is 10.0 Å². The van der Waals surface area contributed by atoms with Gasteiger partial charge in [0.25, 0.3) is 0 Å². The first-order valence-electron chi connectivity index (χ1n) is 5.55. The Bertz CT molecular complexity index is 478. The number of anilines is 1. The van der Waals surface area contributed by atoms with Crippen LogP contribution in [0.3, 0.4) is 0 Å². The monoisotopic (exact) mass is 255 g/mol. The molecule has 0 spiro atoms. The number of hydrogen-bond acceptors (Lipinski definition) is 4. The van der Waals surface area contributed by atoms with Crippen molar-refractivity contribution in [2.24, 2.45) is 5.14 Å². The Kier molecular flexibility index (Phi) is 3.37. The molecule has 17 heavy (non-hydrogen) atoms. The quantitative estimate of drug-likeness (QED) is 0.805. The number of nitrogens with one attached hydrogen (secondary N) is 1. The van der Waals surface area contributed by atoms with Crippen molar-refractivity contribution in [3.05, 3.63) is 24.3 Å². The first-order valence-corrected chi connectivity index (χ1v) is 7.09. The molecule has 6 heteroatoms. The number of nitrogens with two attached hydrogens (primary N) is 1. The summed E-state index contributed by atoms with van der Waals surface area (Å²) in [6, 6.07) is 7.14. The van der Waals surface area contributed by atoms with E-state index in [1.165, 1.54) is 0 Å². The number of nitrogens with zero attached hydrogens (tertiary/aromatic N) is 1. The van der Waals surface area contributed by atoms with E-state index in [-0.39, 0.29) is 4.90 Å². The number of benzene rings is 1. The first kappa shape index (κ1) is 12.3. The van der Waals surface area contributed by atoms with Crippen LogP contribution in [-0.2, 0) is 10.0 Å². The van der Waals surface area contributed by atoms with Gasteiger partial charge in [-0.3, -0.25) is 0 Å². The Morgan fingerprint density at radius 1 is 1.35 bits per heavy atom. The molecular formula is C11H17N3O2S. The van der Waals surface area contributed by atoms with Crippen LogP contribution in [0.1, 0.15) is 6.42 Å². The van der Waals surface area contributed by atoms with Gasteiger partial charge in [0.15, 0.2) is 0 Å². The highest BCUT2D eigenvalue weighted by atomic mass is 32.2. The molecule has 1 aromatic carbocycles. The summed E-state index contributed by atoms with van der Waals surface area (Å²) in [6.45, 7) is 2.00. The highest BCUT2D eigenvalue weighted by Gasteiger charge is 2.19. The highest BCUT2D eigenvalue weighted by molar-refractivity contribution is 7.89. The van der Waals surface area contributed by atoms with E-state index in [1.807, 2.05) is 7.05 Å². The van der Waals surface area contributed by atoms with Crippen molar-refractivity contribution in [3.8, 4) is 0 Å². The average Bonchev–Trinajstić information content (AvgIpc) is 2.80. The van der Waals surface area contributed by atoms with E-state index in [4.69, 9.17) is 5.14 Å². The van der Waals surface area contributed by atoms with Crippen molar-refractivity contribution in [1.82, 2.24) is 5.32 Å². The third-order valence-electron chi connectivity index (χ3n) is 3.15. The molecule has 0 bridgehead atoms. The Balaban J connectivity index is 2.17. The van der Waals surface area contributed by atoms with Crippen LogP contribution in [0.25, 0.3) is 0 Å². The molecule has 0 saturated carbocycles. The molecule has 3 N–H and O–H groups in total. The largest absolute Gasteiger partial charge is 0.370 e. The fourth-order valence-corrected chi connectivity index (χ4v) is 2.57. The molecule has 5 nitrogen and oxygen atoms in total. The van der Waals surface area contributed by atoms with Crippen molar-refractivity contribution in [3.63, 3.8) is 0 Å². The van der Waals surface area contributed by atoms with Crippen molar-refractivity contribution in [2.75, 3.05) is 25.0 Å². The van der Waals surface area contributed by atoms with Gasteiger partial charge in [-0.15, -0.1) is 0 Å². The number of likely N-dealkylation sites (N-methyl/N-ethyl adjacent to an activating group) is 1. The van der Waals surface area contributed by atoms with Gasteiger partial charge in [-0.05, 0) is 37.2 Å². The second-order valence-electron chi connectivity index (χ2n) is 4.30. The maximum absolute atomic E-state index is 11.1. The number of primary sulfonamides is 1. The van der Waals surface area contributed by atoms with Crippen LogP contribution in [-0.4, -0.2) is 34.6 Å². The molecule has 1 atom stereocenters. The molecule has 1 saturated heterocycles. The first-order chi connectivity index (χ1) is 7.98. The number of rotatable bonds is 3. The predicted octanol–water partition coefficient (Wildman–Crippen LogP) is 0.132. The van der Waals surface area contributed by atoms with Gasteiger partial charge < -0.3 is 10.2 Å². The van der Waals surface area contributed by atoms with Gasteiger partial charge >= 0.3 is 0 Å². The van der Waals surface area contributed by atoms with E-state index in [2.05, 4.69) is 10.2 Å². The maximum Gasteiger partial charge on any atom is 0.238 e. The van der Waals surface area contributed by atoms with Gasteiger partial charge in [0.1, 0.15) is 0 Å². The zero-order valence-electron chi connectivity index (χ0n) is 9.76. The van der Waals surface area contributed by atoms with E-state index in [0.717, 1.165) is 25.2 Å². The molecule has 1 fully saturated rings. The minimum atomic E-state index is -3.60. The molecular weight excluding hydrogens is 238 g/mol. The third kappa shape index (κ3) is 2.77. The van der Waals surface area contributed by atoms with Gasteiger partial charge in [-0.2, -0.15) is 0 Å². The Hall–Kier alpha value is -1.11. The summed E-state index contributed by atoms with van der Waals surface area (Å²) in [5, 5.41) is 8.35. The maximum atomic E-state index is 11.1. The fraction of sp³-hybridized carbons (Fsp3) is 0.455. The zero-order valence-corrected chi connectivity index (χ0v) is 10.6. The summed E-state index contributed by atoms with van der Waals surface area (Å²) in [6.07, 6.45) is 1.10. The van der Waals surface area contributed by atoms with Crippen molar-refractivity contribution >= 4 is 15.7 Å². The summed E-state index contributed by atoms with van der Waals surface area (Å²) in [5.74, 6) is 0. The molecule has 1 aliphatic heterocycles. The summed E-state index contributed by atoms with van der Waals surface area (Å²) < 4.78 is 22.2. The van der Waals surface area contributed by atoms with Crippen molar-refractivity contribution in [2.45, 2.75) is 17.4 Å². The smallest absolute Gasteiger partial charge is 0.238 e. The average molecular weight is 255 g/mol. The summed E-state index contributed by atoms with van der Waals surface area (Å²) in [4.78, 5) is 2.31. The molecule has 0 amide bonds. The summed E-state index contributed by atoms with van der Waals surface area (Å²) in [7, 11) is -1.58. The molecule has 1 aliphatic rings. The van der Waals surface area contributed by atoms with Crippen LogP contribution in [0.4, 0.5) is 5.69 Å². The van der Waals surface area contributed by atoms with Crippen LogP contribution in [0.5, 0.6) is 0 Å². The van der Waals surface area contributed by atoms with Crippen LogP contribution in [0.2, 0.25) is 0 Å². The predicted molar refractivity (Wildman–Crippen MR) is 67.5 cm³/mol. The van der Waals surface area contributed by atoms with Gasteiger partial charge in [-0.1, -0.05) is 0 Å². The Labute approximate surface area is 102 Å². The number of sulfonamides is 1. The van der Waals surface area contributed by atoms with Crippen LogP contribution in [0.15, 0.2) is 29.2 Å². The topological polar surface area (TPSA) is 75.4 Å². The fourth-order valence-electron chi connectivity index (χ4n) is 2.05. The summed E-state index contributed by atoms with van der Waals surface area (Å²) >= 11 is 0. The standard InChI is InChI=1S/C11H17N3O2S/c1-14(10-6-7-13-8-10)9-2-4-11(5-3-9)17(12,15)16/h2-5,10,13H,6-8H2,1H3,(H2,12,15,16). The lowest BCUT2D eigenvalue weighted by molar-refractivity contribution is 0.598. The Morgan fingerprint density at radius 3 is 2.47 bits per heavy atom. The van der Waals surface area contributed by atoms with E-state index in [9.17, 15) is 8.42 Å². The second kappa shape index (κ2) is 4.64. The zero-order chi connectivity index (χ0) is 12.5. The van der Waals surface area contributed by atoms with Crippen LogP contribution in [0, 0.1) is 0 Å². The molecule has 94 valence electrons. The molecule has 0 aromatic heterocycles. The van der Waals surface area contributed by atoms with E-state index in [1.54, 1.807) is 24.3 Å². The van der Waals surface area contributed by atoms with Gasteiger partial charge in [0, 0.05) is 25.3 Å². The van der Waals surface area contributed by atoms with Crippen LogP contribution < -0.4 is 15.4 Å². The molecule has 1 aromatic rings. The van der Waals surface area contributed by atoms with E-state index < -0.39 is 10.0 Å². The third-order valence-corrected chi connectivity index (χ3v) is 4.08. The molecule has 0 radical (unpaired) electrons. The lowest BCUT2D eigenvalue weighted by atomic mass is 10.2. The van der Waals surface area contributed by atoms with Gasteiger partial charge in [0.05, 0.1) is 4.90 Å².